The van der Waals surface area contributed by atoms with E-state index in [-0.39, 0.29) is 56.7 Å². The number of nitrogens with zero attached hydrogens (tertiary/aromatic N) is 1. The van der Waals surface area contributed by atoms with Crippen molar-refractivity contribution < 1.29 is 19.9 Å². The Morgan fingerprint density at radius 2 is 1.54 bits per heavy atom. The van der Waals surface area contributed by atoms with Crippen molar-refractivity contribution >= 4 is 11.7 Å². The Bertz CT molecular complexity index is 1100. The average molecular weight is 542 g/mol. The minimum atomic E-state index is -0.655. The number of ketones is 1. The Morgan fingerprint density at radius 1 is 0.923 bits per heavy atom. The molecule has 5 heteroatoms. The van der Waals surface area contributed by atoms with Crippen molar-refractivity contribution in [3.8, 4) is 0 Å². The van der Waals surface area contributed by atoms with Gasteiger partial charge >= 0.3 is 0 Å². The van der Waals surface area contributed by atoms with Crippen LogP contribution in [-0.4, -0.2) is 38.7 Å². The highest BCUT2D eigenvalue weighted by atomic mass is 16.5. The molecule has 5 aliphatic rings. The van der Waals surface area contributed by atoms with Gasteiger partial charge in [-0.05, 0) is 124 Å². The van der Waals surface area contributed by atoms with Crippen molar-refractivity contribution in [2.45, 2.75) is 139 Å². The number of carbonyl (C=O) groups is 2. The first-order valence-electron chi connectivity index (χ1n) is 15.7. The van der Waals surface area contributed by atoms with Gasteiger partial charge in [-0.15, -0.1) is 0 Å². The third-order valence-electron chi connectivity index (χ3n) is 13.9. The fraction of sp³-hybridized carbons (Fsp3) is 0.882. The van der Waals surface area contributed by atoms with Gasteiger partial charge in [-0.2, -0.15) is 0 Å². The fourth-order valence-corrected chi connectivity index (χ4v) is 10.9. The van der Waals surface area contributed by atoms with Gasteiger partial charge in [0.1, 0.15) is 0 Å². The van der Waals surface area contributed by atoms with E-state index in [4.69, 9.17) is 0 Å². The van der Waals surface area contributed by atoms with Crippen molar-refractivity contribution in [1.82, 2.24) is 5.06 Å². The highest BCUT2D eigenvalue weighted by Crippen LogP contribution is 2.75. The number of aliphatic hydroxyl groups excluding tert-OH is 1. The Labute approximate surface area is 237 Å². The van der Waals surface area contributed by atoms with Crippen molar-refractivity contribution in [2.75, 3.05) is 0 Å². The molecule has 0 spiro atoms. The Morgan fingerprint density at radius 3 is 2.15 bits per heavy atom. The molecule has 2 N–H and O–H groups in total. The highest BCUT2D eigenvalue weighted by Gasteiger charge is 2.70. The minimum Gasteiger partial charge on any atom is -0.393 e. The van der Waals surface area contributed by atoms with Crippen molar-refractivity contribution in [1.29, 1.82) is 0 Å². The van der Waals surface area contributed by atoms with Crippen molar-refractivity contribution in [3.05, 3.63) is 11.6 Å². The van der Waals surface area contributed by atoms with Crippen LogP contribution in [0.5, 0.6) is 0 Å². The van der Waals surface area contributed by atoms with Gasteiger partial charge in [-0.3, -0.25) is 14.8 Å². The van der Waals surface area contributed by atoms with E-state index in [0.717, 1.165) is 56.4 Å². The molecule has 0 aliphatic heterocycles. The van der Waals surface area contributed by atoms with E-state index >= 15 is 0 Å². The third kappa shape index (κ3) is 3.76. The van der Waals surface area contributed by atoms with Gasteiger partial charge in [-0.1, -0.05) is 54.0 Å². The van der Waals surface area contributed by atoms with Crippen molar-refractivity contribution in [2.24, 2.45) is 50.2 Å². The van der Waals surface area contributed by atoms with E-state index < -0.39 is 11.0 Å². The zero-order chi connectivity index (χ0) is 29.2. The maximum Gasteiger partial charge on any atom is 0.252 e. The van der Waals surface area contributed by atoms with E-state index in [1.54, 1.807) is 0 Å². The van der Waals surface area contributed by atoms with E-state index in [1.807, 2.05) is 27.7 Å². The van der Waals surface area contributed by atoms with Gasteiger partial charge in [0.15, 0.2) is 5.78 Å². The zero-order valence-electron chi connectivity index (χ0n) is 26.4. The normalized spacial score (nSPS) is 49.1. The molecule has 39 heavy (non-hydrogen) atoms. The number of hydroxylamine groups is 2. The average Bonchev–Trinajstić information content (AvgIpc) is 2.82. The fourth-order valence-electron chi connectivity index (χ4n) is 10.9. The first kappa shape index (κ1) is 29.3. The number of fused-ring (bicyclic) bond motifs is 7. The number of rotatable bonds is 1. The van der Waals surface area contributed by atoms with Crippen LogP contribution in [0.1, 0.15) is 127 Å². The summed E-state index contributed by atoms with van der Waals surface area (Å²) >= 11 is 0. The predicted molar refractivity (Wildman–Crippen MR) is 154 cm³/mol. The lowest BCUT2D eigenvalue weighted by Gasteiger charge is -2.70. The molecule has 0 aromatic heterocycles. The van der Waals surface area contributed by atoms with Crippen LogP contribution in [0, 0.1) is 50.2 Å². The molecule has 4 fully saturated rings. The second-order valence-corrected chi connectivity index (χ2v) is 17.4. The quantitative estimate of drug-likeness (QED) is 0.269. The SMILES string of the molecule is CC1(C)C2CC[C@]3(C)C(C(=O)C=C4C5C[C@@](C)(C(=O)N(O)C(C)(C)C)CC[C@]5(C)CC[C@]43C)[C@@]2(C)CC[C@@H]1O. The van der Waals surface area contributed by atoms with Crippen LogP contribution in [0.25, 0.3) is 0 Å². The van der Waals surface area contributed by atoms with Crippen LogP contribution >= 0.6 is 0 Å². The van der Waals surface area contributed by atoms with Gasteiger partial charge in [-0.25, -0.2) is 5.06 Å². The summed E-state index contributed by atoms with van der Waals surface area (Å²) in [4.78, 5) is 28.1. The third-order valence-corrected chi connectivity index (χ3v) is 13.9. The summed E-state index contributed by atoms with van der Waals surface area (Å²) in [6.07, 6.45) is 10.0. The predicted octanol–water partition coefficient (Wildman–Crippen LogP) is 7.34. The monoisotopic (exact) mass is 541 g/mol. The van der Waals surface area contributed by atoms with Gasteiger partial charge in [0, 0.05) is 11.3 Å². The molecule has 0 heterocycles. The minimum absolute atomic E-state index is 0.0425. The van der Waals surface area contributed by atoms with E-state index in [0.29, 0.717) is 12.3 Å². The molecule has 0 radical (unpaired) electrons. The maximum absolute atomic E-state index is 14.4. The number of hydrogen-bond donors (Lipinski definition) is 2. The molecule has 5 aliphatic carbocycles. The lowest BCUT2D eigenvalue weighted by atomic mass is 9.33. The molecule has 0 aromatic carbocycles. The molecule has 220 valence electrons. The highest BCUT2D eigenvalue weighted by molar-refractivity contribution is 5.95. The molecule has 0 aromatic rings. The summed E-state index contributed by atoms with van der Waals surface area (Å²) in [6.45, 7) is 21.6. The standard InChI is InChI=1S/C34H55NO4/c1-28(2,3)35(39)27(38)31(7)16-15-30(6)17-18-33(9)21(22(30)20-31)19-23(36)26-32(8)13-12-25(37)29(4,5)24(32)11-14-34(26,33)10/h19,22,24-26,37,39H,11-18,20H2,1-10H3/t22?,24?,25-,26?,30+,31-,32-,33+,34+/m0/s1. The summed E-state index contributed by atoms with van der Waals surface area (Å²) in [7, 11) is 0. The van der Waals surface area contributed by atoms with Gasteiger partial charge < -0.3 is 5.11 Å². The molecule has 0 bridgehead atoms. The van der Waals surface area contributed by atoms with E-state index in [9.17, 15) is 19.9 Å². The Balaban J connectivity index is 1.57. The molecule has 3 unspecified atom stereocenters. The Hall–Kier alpha value is -1.20. The summed E-state index contributed by atoms with van der Waals surface area (Å²) in [5, 5.41) is 22.8. The summed E-state index contributed by atoms with van der Waals surface area (Å²) in [6, 6.07) is 0. The number of hydrogen-bond acceptors (Lipinski definition) is 4. The van der Waals surface area contributed by atoms with Crippen LogP contribution in [0.15, 0.2) is 11.6 Å². The maximum atomic E-state index is 14.4. The first-order valence-corrected chi connectivity index (χ1v) is 15.7. The number of aliphatic hydroxyl groups is 1. The second kappa shape index (κ2) is 8.43. The number of amides is 1. The molecule has 9 atom stereocenters. The van der Waals surface area contributed by atoms with Crippen LogP contribution in [-0.2, 0) is 9.59 Å². The number of carbonyl (C=O) groups excluding carboxylic acids is 2. The second-order valence-electron chi connectivity index (χ2n) is 17.4. The van der Waals surface area contributed by atoms with Crippen LogP contribution in [0.4, 0.5) is 0 Å². The zero-order valence-corrected chi connectivity index (χ0v) is 26.4. The Kier molecular flexibility index (Phi) is 6.33. The molecule has 0 saturated heterocycles. The van der Waals surface area contributed by atoms with Gasteiger partial charge in [0.25, 0.3) is 5.91 Å². The number of allylic oxidation sites excluding steroid dienone is 2. The molecule has 4 saturated carbocycles. The van der Waals surface area contributed by atoms with Crippen LogP contribution < -0.4 is 0 Å². The largest absolute Gasteiger partial charge is 0.393 e. The first-order chi connectivity index (χ1) is 17.7. The molecular formula is C34H55NO4. The van der Waals surface area contributed by atoms with Crippen LogP contribution in [0.2, 0.25) is 0 Å². The van der Waals surface area contributed by atoms with Gasteiger partial charge in [0.05, 0.1) is 11.6 Å². The molecule has 5 rings (SSSR count). The van der Waals surface area contributed by atoms with E-state index in [1.165, 1.54) is 5.57 Å². The summed E-state index contributed by atoms with van der Waals surface area (Å²) in [5.41, 5.74) is -0.527. The molecular weight excluding hydrogens is 486 g/mol. The van der Waals surface area contributed by atoms with Gasteiger partial charge in [0.2, 0.25) is 0 Å². The lowest BCUT2D eigenvalue weighted by molar-refractivity contribution is -0.207. The lowest BCUT2D eigenvalue weighted by Crippen LogP contribution is -2.66. The summed E-state index contributed by atoms with van der Waals surface area (Å²) < 4.78 is 0. The van der Waals surface area contributed by atoms with Crippen molar-refractivity contribution in [3.63, 3.8) is 0 Å². The molecule has 1 amide bonds. The van der Waals surface area contributed by atoms with E-state index in [2.05, 4.69) is 47.6 Å². The van der Waals surface area contributed by atoms with Crippen LogP contribution in [0.3, 0.4) is 0 Å². The summed E-state index contributed by atoms with van der Waals surface area (Å²) in [5.74, 6) is 0.535. The molecule has 5 nitrogen and oxygen atoms in total. The smallest absolute Gasteiger partial charge is 0.252 e. The topological polar surface area (TPSA) is 77.8 Å².